The molecule has 0 radical (unpaired) electrons. The number of hydrogen-bond donors (Lipinski definition) is 0. The molecule has 0 aliphatic heterocycles. The minimum absolute atomic E-state index is 0.112. The number of aryl methyl sites for hydroxylation is 7. The summed E-state index contributed by atoms with van der Waals surface area (Å²) in [7, 11) is -4.40. The molecule has 194 valence electrons. The van der Waals surface area contributed by atoms with Gasteiger partial charge in [0.1, 0.15) is 6.16 Å². The maximum atomic E-state index is 14.5. The normalized spacial score (nSPS) is 11.3. The van der Waals surface area contributed by atoms with Gasteiger partial charge in [0, 0.05) is 11.1 Å². The van der Waals surface area contributed by atoms with E-state index in [1.165, 1.54) is 0 Å². The first-order valence-corrected chi connectivity index (χ1v) is 14.4. The molecule has 0 amide bonds. The summed E-state index contributed by atoms with van der Waals surface area (Å²) in [5, 5.41) is 0. The van der Waals surface area contributed by atoms with E-state index in [4.69, 9.17) is 4.74 Å². The fourth-order valence-electron chi connectivity index (χ4n) is 4.97. The summed E-state index contributed by atoms with van der Waals surface area (Å²) in [5.41, 5.74) is 4.45. The van der Waals surface area contributed by atoms with E-state index in [2.05, 4.69) is 0 Å². The van der Waals surface area contributed by atoms with Gasteiger partial charge in [0.15, 0.2) is 0 Å². The molecule has 0 unspecified atom stereocenters. The highest BCUT2D eigenvalue weighted by Gasteiger charge is 2.45. The van der Waals surface area contributed by atoms with Gasteiger partial charge in [0.25, 0.3) is 0 Å². The largest absolute Gasteiger partial charge is 0.465 e. The molecule has 3 aromatic rings. The van der Waals surface area contributed by atoms with Crippen LogP contribution >= 0.6 is 7.14 Å². The van der Waals surface area contributed by atoms with Gasteiger partial charge in [-0.2, -0.15) is 0 Å². The van der Waals surface area contributed by atoms with E-state index in [1.807, 2.05) is 68.4 Å². The Morgan fingerprint density at radius 3 is 1.57 bits per heavy atom. The molecular formula is C31H35O5P. The maximum absolute atomic E-state index is 14.5. The predicted octanol–water partition coefficient (Wildman–Crippen LogP) is 7.06. The van der Waals surface area contributed by atoms with E-state index in [1.54, 1.807) is 27.7 Å². The van der Waals surface area contributed by atoms with Crippen molar-refractivity contribution in [2.24, 2.45) is 0 Å². The molecule has 0 aliphatic rings. The van der Waals surface area contributed by atoms with E-state index >= 15 is 0 Å². The van der Waals surface area contributed by atoms with E-state index < -0.39 is 30.3 Å². The molecule has 0 aromatic heterocycles. The van der Waals surface area contributed by atoms with Gasteiger partial charge < -0.3 is 9.30 Å². The molecule has 0 saturated heterocycles. The van der Waals surface area contributed by atoms with E-state index in [0.29, 0.717) is 35.1 Å². The van der Waals surface area contributed by atoms with Gasteiger partial charge in [-0.25, -0.2) is 0 Å². The third-order valence-electron chi connectivity index (χ3n) is 6.51. The quantitative estimate of drug-likeness (QED) is 0.163. The standard InChI is InChI=1S/C31H35O5P/c1-20-15-22(3)28(23(4)16-20)30(33)37(35,31(34)29-24(5)17-21(2)18-25(29)6)19-27(32)36-14-10-13-26-11-8-7-9-12-26/h7-9,11-12,15-18H,10,13-14,19H2,1-6H3. The van der Waals surface area contributed by atoms with Crippen LogP contribution in [0.15, 0.2) is 54.6 Å². The van der Waals surface area contributed by atoms with Crippen LogP contribution in [0.4, 0.5) is 0 Å². The third kappa shape index (κ3) is 6.53. The molecule has 3 rings (SSSR count). The maximum Gasteiger partial charge on any atom is 0.314 e. The van der Waals surface area contributed by atoms with Crippen LogP contribution in [-0.2, 0) is 20.5 Å². The summed E-state index contributed by atoms with van der Waals surface area (Å²) in [6.07, 6.45) is 0.539. The van der Waals surface area contributed by atoms with Crippen LogP contribution in [0, 0.1) is 41.5 Å². The first kappa shape index (κ1) is 28.3. The first-order chi connectivity index (χ1) is 17.4. The van der Waals surface area contributed by atoms with Gasteiger partial charge in [-0.3, -0.25) is 14.4 Å². The van der Waals surface area contributed by atoms with Crippen LogP contribution < -0.4 is 0 Å². The topological polar surface area (TPSA) is 77.5 Å². The predicted molar refractivity (Wildman–Crippen MR) is 148 cm³/mol. The lowest BCUT2D eigenvalue weighted by Gasteiger charge is -2.20. The lowest BCUT2D eigenvalue weighted by molar-refractivity contribution is -0.140. The Labute approximate surface area is 219 Å². The molecule has 3 aromatic carbocycles. The highest BCUT2D eigenvalue weighted by molar-refractivity contribution is 7.96. The molecule has 0 atom stereocenters. The number of rotatable bonds is 10. The Balaban J connectivity index is 1.93. The van der Waals surface area contributed by atoms with Gasteiger partial charge in [-0.05, 0) is 82.2 Å². The molecule has 0 N–H and O–H groups in total. The Morgan fingerprint density at radius 2 is 1.14 bits per heavy atom. The second-order valence-electron chi connectivity index (χ2n) is 9.87. The van der Waals surface area contributed by atoms with Crippen LogP contribution in [0.1, 0.15) is 66.1 Å². The summed E-state index contributed by atoms with van der Waals surface area (Å²) < 4.78 is 19.8. The minimum Gasteiger partial charge on any atom is -0.465 e. The molecule has 0 saturated carbocycles. The highest BCUT2D eigenvalue weighted by Crippen LogP contribution is 2.53. The number of carbonyl (C=O) groups is 3. The summed E-state index contributed by atoms with van der Waals surface area (Å²) in [4.78, 5) is 40.7. The average Bonchev–Trinajstić information content (AvgIpc) is 2.81. The van der Waals surface area contributed by atoms with Crippen molar-refractivity contribution in [3.05, 3.63) is 105 Å². The molecule has 0 fully saturated rings. The van der Waals surface area contributed by atoms with Crippen LogP contribution in [0.25, 0.3) is 0 Å². The third-order valence-corrected chi connectivity index (χ3v) is 8.97. The number of carbonyl (C=O) groups excluding carboxylic acids is 3. The fourth-order valence-corrected chi connectivity index (χ4v) is 7.32. The molecule has 0 heterocycles. The number of esters is 1. The molecule has 0 spiro atoms. The second-order valence-corrected chi connectivity index (χ2v) is 12.5. The SMILES string of the molecule is Cc1cc(C)c(C(=O)P(=O)(CC(=O)OCCCc2ccccc2)C(=O)c2c(C)cc(C)cc2C)c(C)c1. The zero-order chi connectivity index (χ0) is 27.3. The summed E-state index contributed by atoms with van der Waals surface area (Å²) in [6, 6.07) is 17.1. The zero-order valence-electron chi connectivity index (χ0n) is 22.5. The van der Waals surface area contributed by atoms with Crippen molar-refractivity contribution >= 4 is 24.2 Å². The Kier molecular flexibility index (Phi) is 9.04. The van der Waals surface area contributed by atoms with E-state index in [-0.39, 0.29) is 17.7 Å². The molecule has 0 bridgehead atoms. The Hall–Kier alpha value is -3.30. The van der Waals surface area contributed by atoms with Crippen molar-refractivity contribution in [2.45, 2.75) is 54.4 Å². The van der Waals surface area contributed by atoms with Crippen molar-refractivity contribution in [3.8, 4) is 0 Å². The van der Waals surface area contributed by atoms with Gasteiger partial charge in [0.2, 0.25) is 18.2 Å². The monoisotopic (exact) mass is 518 g/mol. The first-order valence-electron chi connectivity index (χ1n) is 12.5. The lowest BCUT2D eigenvalue weighted by Crippen LogP contribution is -2.22. The lowest BCUT2D eigenvalue weighted by atomic mass is 10.0. The van der Waals surface area contributed by atoms with Gasteiger partial charge in [-0.1, -0.05) is 65.7 Å². The number of hydrogen-bond acceptors (Lipinski definition) is 5. The summed E-state index contributed by atoms with van der Waals surface area (Å²) >= 11 is 0. The zero-order valence-corrected chi connectivity index (χ0v) is 23.4. The van der Waals surface area contributed by atoms with Crippen LogP contribution in [-0.4, -0.2) is 29.8 Å². The fraction of sp³-hybridized carbons (Fsp3) is 0.323. The van der Waals surface area contributed by atoms with Crippen molar-refractivity contribution in [3.63, 3.8) is 0 Å². The molecule has 37 heavy (non-hydrogen) atoms. The van der Waals surface area contributed by atoms with Crippen molar-refractivity contribution in [1.29, 1.82) is 0 Å². The van der Waals surface area contributed by atoms with Crippen LogP contribution in [0.2, 0.25) is 0 Å². The summed E-state index contributed by atoms with van der Waals surface area (Å²) in [5.74, 6) is -0.803. The van der Waals surface area contributed by atoms with Gasteiger partial charge in [0.05, 0.1) is 6.61 Å². The van der Waals surface area contributed by atoms with Gasteiger partial charge in [-0.15, -0.1) is 0 Å². The van der Waals surface area contributed by atoms with E-state index in [9.17, 15) is 18.9 Å². The minimum atomic E-state index is -4.40. The molecular weight excluding hydrogens is 483 g/mol. The second kappa shape index (κ2) is 11.8. The Morgan fingerprint density at radius 1 is 0.703 bits per heavy atom. The smallest absolute Gasteiger partial charge is 0.314 e. The number of ether oxygens (including phenoxy) is 1. The summed E-state index contributed by atoms with van der Waals surface area (Å²) in [6.45, 7) is 11.0. The highest BCUT2D eigenvalue weighted by atomic mass is 31.2. The number of benzene rings is 3. The van der Waals surface area contributed by atoms with Crippen LogP contribution in [0.3, 0.4) is 0 Å². The van der Waals surface area contributed by atoms with E-state index in [0.717, 1.165) is 16.7 Å². The van der Waals surface area contributed by atoms with Crippen molar-refractivity contribution in [2.75, 3.05) is 12.8 Å². The average molecular weight is 519 g/mol. The molecule has 6 heteroatoms. The molecule has 0 aliphatic carbocycles. The van der Waals surface area contributed by atoms with Crippen molar-refractivity contribution in [1.82, 2.24) is 0 Å². The molecule has 5 nitrogen and oxygen atoms in total. The Bertz CT molecular complexity index is 1270. The van der Waals surface area contributed by atoms with Gasteiger partial charge >= 0.3 is 5.97 Å². The van der Waals surface area contributed by atoms with Crippen molar-refractivity contribution < 1.29 is 23.7 Å². The van der Waals surface area contributed by atoms with Crippen LogP contribution in [0.5, 0.6) is 0 Å².